The highest BCUT2D eigenvalue weighted by atomic mass is 16.5. The lowest BCUT2D eigenvalue weighted by atomic mass is 9.96. The normalized spacial score (nSPS) is 14.6. The van der Waals surface area contributed by atoms with Crippen LogP contribution in [0, 0.1) is 17.2 Å². The van der Waals surface area contributed by atoms with Crippen molar-refractivity contribution < 1.29 is 4.52 Å². The van der Waals surface area contributed by atoms with E-state index in [9.17, 15) is 0 Å². The van der Waals surface area contributed by atoms with Crippen LogP contribution < -0.4 is 0 Å². The zero-order chi connectivity index (χ0) is 14.4. The Morgan fingerprint density at radius 2 is 2.10 bits per heavy atom. The molecule has 0 amide bonds. The van der Waals surface area contributed by atoms with Crippen LogP contribution in [-0.4, -0.2) is 23.1 Å². The molecule has 0 fully saturated rings. The van der Waals surface area contributed by atoms with Crippen LogP contribution in [0.4, 0.5) is 0 Å². The zero-order valence-electron chi connectivity index (χ0n) is 12.7. The second-order valence-electron chi connectivity index (χ2n) is 6.10. The molecular weight excluding hydrogens is 250 g/mol. The second kappa shape index (κ2) is 7.44. The van der Waals surface area contributed by atoms with Crippen LogP contribution in [0.5, 0.6) is 0 Å². The van der Waals surface area contributed by atoms with Crippen LogP contribution in [0.15, 0.2) is 4.52 Å². The Labute approximate surface area is 121 Å². The highest BCUT2D eigenvalue weighted by Gasteiger charge is 2.20. The fraction of sp³-hybridized carbons (Fsp3) is 0.750. The van der Waals surface area contributed by atoms with Crippen LogP contribution in [0.2, 0.25) is 0 Å². The first-order valence-electron chi connectivity index (χ1n) is 7.76. The number of hydrogen-bond donors (Lipinski definition) is 0. The van der Waals surface area contributed by atoms with Crippen molar-refractivity contribution in [2.45, 2.75) is 58.9 Å². The molecular formula is C16H25N3O. The lowest BCUT2D eigenvalue weighted by Crippen LogP contribution is -2.27. The number of nitrogens with zero attached hydrogens (tertiary/aromatic N) is 3. The van der Waals surface area contributed by atoms with Crippen molar-refractivity contribution in [1.29, 1.82) is 5.26 Å². The molecule has 4 heteroatoms. The van der Waals surface area contributed by atoms with Crippen molar-refractivity contribution in [3.05, 3.63) is 17.0 Å². The first kappa shape index (κ1) is 15.1. The van der Waals surface area contributed by atoms with E-state index in [0.717, 1.165) is 50.4 Å². The minimum atomic E-state index is 0.581. The summed E-state index contributed by atoms with van der Waals surface area (Å²) in [6.07, 6.45) is 6.33. The first-order valence-corrected chi connectivity index (χ1v) is 7.76. The summed E-state index contributed by atoms with van der Waals surface area (Å²) in [5.74, 6) is 1.78. The summed E-state index contributed by atoms with van der Waals surface area (Å²) in [6, 6.07) is 2.24. The lowest BCUT2D eigenvalue weighted by molar-refractivity contribution is 0.246. The Bertz CT molecular complexity index is 459. The number of rotatable bonds is 7. The zero-order valence-corrected chi connectivity index (χ0v) is 12.7. The smallest absolute Gasteiger partial charge is 0.140 e. The fourth-order valence-electron chi connectivity index (χ4n) is 2.70. The van der Waals surface area contributed by atoms with Crippen LogP contribution in [0.25, 0.3) is 0 Å². The van der Waals surface area contributed by atoms with Crippen molar-refractivity contribution in [1.82, 2.24) is 10.1 Å². The van der Waals surface area contributed by atoms with E-state index in [1.54, 1.807) is 0 Å². The molecule has 20 heavy (non-hydrogen) atoms. The molecule has 0 N–H and O–H groups in total. The molecule has 1 aliphatic carbocycles. The van der Waals surface area contributed by atoms with Gasteiger partial charge in [-0.05, 0) is 38.1 Å². The van der Waals surface area contributed by atoms with E-state index in [0.29, 0.717) is 12.3 Å². The van der Waals surface area contributed by atoms with Gasteiger partial charge in [0.05, 0.1) is 6.07 Å². The van der Waals surface area contributed by atoms with E-state index in [2.05, 4.69) is 30.0 Å². The third-order valence-electron chi connectivity index (χ3n) is 3.97. The monoisotopic (exact) mass is 275 g/mol. The van der Waals surface area contributed by atoms with Gasteiger partial charge in [-0.3, -0.25) is 4.90 Å². The molecule has 1 aromatic heterocycles. The van der Waals surface area contributed by atoms with Gasteiger partial charge < -0.3 is 4.52 Å². The molecule has 0 unspecified atom stereocenters. The molecule has 1 aliphatic rings. The highest BCUT2D eigenvalue weighted by molar-refractivity contribution is 5.25. The first-order chi connectivity index (χ1) is 9.70. The molecule has 0 atom stereocenters. The van der Waals surface area contributed by atoms with Crippen LogP contribution >= 0.6 is 0 Å². The number of fused-ring (bicyclic) bond motifs is 1. The molecule has 1 aromatic rings. The van der Waals surface area contributed by atoms with Crippen molar-refractivity contribution in [2.75, 3.05) is 13.1 Å². The van der Waals surface area contributed by atoms with Gasteiger partial charge in [0.1, 0.15) is 11.5 Å². The van der Waals surface area contributed by atoms with Crippen LogP contribution in [0.1, 0.15) is 56.5 Å². The van der Waals surface area contributed by atoms with E-state index in [-0.39, 0.29) is 0 Å². The Morgan fingerprint density at radius 1 is 1.30 bits per heavy atom. The van der Waals surface area contributed by atoms with E-state index in [1.165, 1.54) is 18.4 Å². The maximum atomic E-state index is 8.80. The topological polar surface area (TPSA) is 53.1 Å². The van der Waals surface area contributed by atoms with Crippen molar-refractivity contribution in [3.8, 4) is 6.07 Å². The molecule has 0 aliphatic heterocycles. The molecule has 110 valence electrons. The second-order valence-corrected chi connectivity index (χ2v) is 6.10. The minimum Gasteiger partial charge on any atom is -0.361 e. The van der Waals surface area contributed by atoms with Gasteiger partial charge in [0, 0.05) is 31.5 Å². The largest absolute Gasteiger partial charge is 0.361 e. The predicted molar refractivity (Wildman–Crippen MR) is 78.1 cm³/mol. The van der Waals surface area contributed by atoms with Gasteiger partial charge in [0.25, 0.3) is 0 Å². The van der Waals surface area contributed by atoms with Gasteiger partial charge in [-0.1, -0.05) is 19.0 Å². The Balaban J connectivity index is 1.99. The van der Waals surface area contributed by atoms with Gasteiger partial charge in [-0.2, -0.15) is 5.26 Å². The van der Waals surface area contributed by atoms with E-state index < -0.39 is 0 Å². The SMILES string of the molecule is CC(C)CCN(CCC#N)Cc1noc2c1CCCC2. The molecule has 1 heterocycles. The Kier molecular flexibility index (Phi) is 5.60. The molecule has 0 saturated carbocycles. The molecule has 0 aromatic carbocycles. The van der Waals surface area contributed by atoms with Gasteiger partial charge in [-0.15, -0.1) is 0 Å². The van der Waals surface area contributed by atoms with Gasteiger partial charge >= 0.3 is 0 Å². The maximum Gasteiger partial charge on any atom is 0.140 e. The summed E-state index contributed by atoms with van der Waals surface area (Å²) in [4.78, 5) is 2.34. The van der Waals surface area contributed by atoms with E-state index in [1.807, 2.05) is 0 Å². The van der Waals surface area contributed by atoms with Crippen LogP contribution in [0.3, 0.4) is 0 Å². The number of nitriles is 1. The summed E-state index contributed by atoms with van der Waals surface area (Å²) in [5.41, 5.74) is 2.43. The van der Waals surface area contributed by atoms with E-state index >= 15 is 0 Å². The third-order valence-corrected chi connectivity index (χ3v) is 3.97. The number of hydrogen-bond acceptors (Lipinski definition) is 4. The van der Waals surface area contributed by atoms with Gasteiger partial charge in [-0.25, -0.2) is 0 Å². The Morgan fingerprint density at radius 3 is 2.85 bits per heavy atom. The quantitative estimate of drug-likeness (QED) is 0.766. The average Bonchev–Trinajstić information content (AvgIpc) is 2.85. The van der Waals surface area contributed by atoms with Crippen molar-refractivity contribution in [3.63, 3.8) is 0 Å². The minimum absolute atomic E-state index is 0.581. The summed E-state index contributed by atoms with van der Waals surface area (Å²) >= 11 is 0. The maximum absolute atomic E-state index is 8.80. The molecule has 0 saturated heterocycles. The fourth-order valence-corrected chi connectivity index (χ4v) is 2.70. The molecule has 2 rings (SSSR count). The third kappa shape index (κ3) is 4.08. The summed E-state index contributed by atoms with van der Waals surface area (Å²) in [6.45, 7) is 7.15. The molecule has 4 nitrogen and oxygen atoms in total. The van der Waals surface area contributed by atoms with Crippen molar-refractivity contribution >= 4 is 0 Å². The predicted octanol–water partition coefficient (Wildman–Crippen LogP) is 3.32. The van der Waals surface area contributed by atoms with Crippen molar-refractivity contribution in [2.24, 2.45) is 5.92 Å². The summed E-state index contributed by atoms with van der Waals surface area (Å²) in [7, 11) is 0. The molecule has 0 bridgehead atoms. The number of aromatic nitrogens is 1. The standard InChI is InChI=1S/C16H25N3O/c1-13(2)8-11-19(10-5-9-17)12-15-14-6-3-4-7-16(14)20-18-15/h13H,3-8,10-12H2,1-2H3. The summed E-state index contributed by atoms with van der Waals surface area (Å²) < 4.78 is 5.48. The van der Waals surface area contributed by atoms with Crippen LogP contribution in [-0.2, 0) is 19.4 Å². The summed E-state index contributed by atoms with van der Waals surface area (Å²) in [5, 5.41) is 13.1. The van der Waals surface area contributed by atoms with Gasteiger partial charge in [0.2, 0.25) is 0 Å². The number of aryl methyl sites for hydroxylation is 1. The van der Waals surface area contributed by atoms with E-state index in [4.69, 9.17) is 9.78 Å². The van der Waals surface area contributed by atoms with Gasteiger partial charge in [0.15, 0.2) is 0 Å². The molecule has 0 radical (unpaired) electrons. The molecule has 0 spiro atoms. The Hall–Kier alpha value is -1.34. The average molecular weight is 275 g/mol. The highest BCUT2D eigenvalue weighted by Crippen LogP contribution is 2.25. The lowest BCUT2D eigenvalue weighted by Gasteiger charge is -2.21.